The van der Waals surface area contributed by atoms with Gasteiger partial charge < -0.3 is 29.7 Å². The van der Waals surface area contributed by atoms with Crippen molar-refractivity contribution in [3.8, 4) is 11.4 Å². The second-order valence-electron chi connectivity index (χ2n) is 9.43. The first-order valence-corrected chi connectivity index (χ1v) is 13.3. The molecule has 6 rings (SSSR count). The fourth-order valence-electron chi connectivity index (χ4n) is 4.94. The molecule has 196 valence electrons. The summed E-state index contributed by atoms with van der Waals surface area (Å²) in [5, 5.41) is 5.44. The maximum atomic E-state index is 13.4. The van der Waals surface area contributed by atoms with Crippen LogP contribution in [0.4, 0.5) is 11.5 Å². The molecule has 5 aromatic rings. The molecule has 0 aromatic carbocycles. The molecule has 5 aromatic heterocycles. The molecule has 1 aliphatic rings. The van der Waals surface area contributed by atoms with Crippen LogP contribution in [-0.2, 0) is 9.47 Å². The van der Waals surface area contributed by atoms with Crippen molar-refractivity contribution in [3.05, 3.63) is 58.3 Å². The van der Waals surface area contributed by atoms with Crippen molar-refractivity contribution in [2.45, 2.75) is 32.1 Å². The summed E-state index contributed by atoms with van der Waals surface area (Å²) in [7, 11) is 1.62. The molecule has 0 radical (unpaired) electrons. The van der Waals surface area contributed by atoms with Crippen molar-refractivity contribution in [1.29, 1.82) is 0 Å². The number of nitrogens with zero attached hydrogens (tertiary/aromatic N) is 5. The number of hydrogen-bond donors (Lipinski definition) is 3. The summed E-state index contributed by atoms with van der Waals surface area (Å²) in [4.78, 5) is 40.3. The van der Waals surface area contributed by atoms with Crippen LogP contribution >= 0.6 is 11.3 Å². The van der Waals surface area contributed by atoms with E-state index in [-0.39, 0.29) is 23.8 Å². The van der Waals surface area contributed by atoms with Crippen LogP contribution in [0.5, 0.6) is 0 Å². The number of ether oxygens (including phenoxy) is 2. The molecule has 1 unspecified atom stereocenters. The summed E-state index contributed by atoms with van der Waals surface area (Å²) in [6.45, 7) is 5.95. The molecule has 1 fully saturated rings. The van der Waals surface area contributed by atoms with Gasteiger partial charge >= 0.3 is 0 Å². The molecule has 0 amide bonds. The molecular weight excluding hydrogens is 504 g/mol. The zero-order valence-corrected chi connectivity index (χ0v) is 22.1. The van der Waals surface area contributed by atoms with Gasteiger partial charge in [-0.25, -0.2) is 19.9 Å². The normalized spacial score (nSPS) is 18.8. The van der Waals surface area contributed by atoms with E-state index in [4.69, 9.17) is 14.5 Å². The fraction of sp³-hybridized carbons (Fsp3) is 0.346. The minimum Gasteiger partial charge on any atom is -0.382 e. The number of methoxy groups -OCH3 is 1. The summed E-state index contributed by atoms with van der Waals surface area (Å²) >= 11 is 1.53. The topological polar surface area (TPSA) is 134 Å². The Morgan fingerprint density at radius 3 is 2.74 bits per heavy atom. The van der Waals surface area contributed by atoms with E-state index in [1.54, 1.807) is 31.8 Å². The first kappa shape index (κ1) is 24.5. The molecule has 3 atom stereocenters. The Morgan fingerprint density at radius 2 is 1.97 bits per heavy atom. The average Bonchev–Trinajstić information content (AvgIpc) is 3.54. The van der Waals surface area contributed by atoms with Gasteiger partial charge in [0, 0.05) is 38.7 Å². The van der Waals surface area contributed by atoms with Crippen LogP contribution in [0.2, 0.25) is 0 Å². The van der Waals surface area contributed by atoms with Gasteiger partial charge in [0.1, 0.15) is 23.2 Å². The predicted octanol–water partition coefficient (Wildman–Crippen LogP) is 3.73. The minimum atomic E-state index is -0.380. The zero-order chi connectivity index (χ0) is 26.2. The number of hydrogen-bond acceptors (Lipinski definition) is 10. The van der Waals surface area contributed by atoms with E-state index in [0.717, 1.165) is 40.2 Å². The van der Waals surface area contributed by atoms with E-state index in [1.165, 1.54) is 11.3 Å². The van der Waals surface area contributed by atoms with Gasteiger partial charge in [0.05, 0.1) is 51.9 Å². The molecule has 12 heteroatoms. The largest absolute Gasteiger partial charge is 0.382 e. The van der Waals surface area contributed by atoms with Crippen molar-refractivity contribution in [2.24, 2.45) is 0 Å². The van der Waals surface area contributed by atoms with E-state index >= 15 is 0 Å². The molecule has 0 bridgehead atoms. The summed E-state index contributed by atoms with van der Waals surface area (Å²) in [5.41, 5.74) is 3.01. The Balaban J connectivity index is 1.44. The number of thiophene rings is 1. The van der Waals surface area contributed by atoms with Crippen molar-refractivity contribution < 1.29 is 9.47 Å². The third kappa shape index (κ3) is 4.62. The first-order chi connectivity index (χ1) is 18.5. The second-order valence-corrected chi connectivity index (χ2v) is 10.4. The van der Waals surface area contributed by atoms with Gasteiger partial charge in [-0.1, -0.05) is 0 Å². The molecule has 0 aliphatic carbocycles. The third-order valence-electron chi connectivity index (χ3n) is 6.50. The smallest absolute Gasteiger partial charge is 0.261 e. The summed E-state index contributed by atoms with van der Waals surface area (Å²) in [5.74, 6) is 1.85. The maximum absolute atomic E-state index is 13.4. The van der Waals surface area contributed by atoms with Gasteiger partial charge in [0.25, 0.3) is 5.56 Å². The van der Waals surface area contributed by atoms with Crippen molar-refractivity contribution >= 4 is 44.1 Å². The number of fused-ring (bicyclic) bond motifs is 2. The number of aromatic nitrogens is 6. The molecule has 11 nitrogen and oxygen atoms in total. The molecule has 1 aliphatic heterocycles. The van der Waals surface area contributed by atoms with Crippen molar-refractivity contribution in [1.82, 2.24) is 29.9 Å². The highest BCUT2D eigenvalue weighted by Crippen LogP contribution is 2.36. The highest BCUT2D eigenvalue weighted by Gasteiger charge is 2.25. The van der Waals surface area contributed by atoms with E-state index in [0.29, 0.717) is 29.5 Å². The van der Waals surface area contributed by atoms with Gasteiger partial charge in [-0.15, -0.1) is 11.3 Å². The number of aromatic amines is 2. The van der Waals surface area contributed by atoms with E-state index in [9.17, 15) is 4.79 Å². The predicted molar refractivity (Wildman–Crippen MR) is 148 cm³/mol. The molecule has 0 saturated carbocycles. The Hall–Kier alpha value is -3.87. The summed E-state index contributed by atoms with van der Waals surface area (Å²) < 4.78 is 12.2. The lowest BCUT2D eigenvalue weighted by Crippen LogP contribution is -2.45. The number of imidazole rings is 1. The van der Waals surface area contributed by atoms with Crippen LogP contribution in [0.25, 0.3) is 32.6 Å². The number of rotatable bonds is 7. The van der Waals surface area contributed by atoms with Crippen LogP contribution in [0, 0.1) is 0 Å². The molecule has 3 N–H and O–H groups in total. The highest BCUT2D eigenvalue weighted by atomic mass is 32.1. The molecule has 1 saturated heterocycles. The van der Waals surface area contributed by atoms with Gasteiger partial charge in [-0.2, -0.15) is 0 Å². The number of nitrogens with one attached hydrogen (secondary N) is 3. The zero-order valence-electron chi connectivity index (χ0n) is 21.3. The van der Waals surface area contributed by atoms with Crippen molar-refractivity contribution in [2.75, 3.05) is 37.0 Å². The quantitative estimate of drug-likeness (QED) is 0.287. The molecule has 6 heterocycles. The highest BCUT2D eigenvalue weighted by molar-refractivity contribution is 7.17. The molecule has 0 spiro atoms. The Labute approximate surface area is 222 Å². The summed E-state index contributed by atoms with van der Waals surface area (Å²) in [6.07, 6.45) is 5.37. The number of morpholine rings is 1. The van der Waals surface area contributed by atoms with Crippen LogP contribution in [-0.4, -0.2) is 68.9 Å². The monoisotopic (exact) mass is 532 g/mol. The number of anilines is 2. The lowest BCUT2D eigenvalue weighted by molar-refractivity contribution is -0.00545. The second kappa shape index (κ2) is 10.1. The van der Waals surface area contributed by atoms with Crippen LogP contribution < -0.4 is 15.8 Å². The fourth-order valence-corrected chi connectivity index (χ4v) is 5.81. The van der Waals surface area contributed by atoms with Crippen molar-refractivity contribution in [3.63, 3.8) is 0 Å². The maximum Gasteiger partial charge on any atom is 0.261 e. The van der Waals surface area contributed by atoms with Crippen LogP contribution in [0.3, 0.4) is 0 Å². The third-order valence-corrected chi connectivity index (χ3v) is 7.43. The number of pyridine rings is 2. The van der Waals surface area contributed by atoms with Crippen LogP contribution in [0.1, 0.15) is 25.7 Å². The van der Waals surface area contributed by atoms with Gasteiger partial charge in [0.15, 0.2) is 5.82 Å². The Bertz CT molecular complexity index is 1620. The van der Waals surface area contributed by atoms with Gasteiger partial charge in [-0.05, 0) is 31.4 Å². The standard InChI is InChI=1S/C26H28N8O3S/c1-14-11-34(12-15(2)37-14)20-9-17-18(10-29-20)32-25(31-17)21-22(23-16(5-8-38-23)33-26(21)35)30-19(13-36-3)24-27-6-4-7-28-24/h4-10,14-15,19H,11-13H2,1-3H3,(H,31,32)(H2,30,33,35)/t14-,15+,19?. The van der Waals surface area contributed by atoms with Gasteiger partial charge in [-0.3, -0.25) is 4.79 Å². The lowest BCUT2D eigenvalue weighted by atomic mass is 10.1. The first-order valence-electron chi connectivity index (χ1n) is 12.4. The minimum absolute atomic E-state index is 0.115. The van der Waals surface area contributed by atoms with Crippen LogP contribution in [0.15, 0.2) is 47.0 Å². The lowest BCUT2D eigenvalue weighted by Gasteiger charge is -2.36. The molecule has 38 heavy (non-hydrogen) atoms. The Morgan fingerprint density at radius 1 is 1.18 bits per heavy atom. The molecular formula is C26H28N8O3S. The SMILES string of the molecule is COCC(Nc1c(-c2nc3cc(N4C[C@@H](C)O[C@@H](C)C4)ncc3[nH]2)c(=O)[nH]c2ccsc12)c1ncccn1. The van der Waals surface area contributed by atoms with E-state index < -0.39 is 0 Å². The van der Waals surface area contributed by atoms with E-state index in [1.807, 2.05) is 17.5 Å². The van der Waals surface area contributed by atoms with E-state index in [2.05, 4.69) is 49.0 Å². The number of H-pyrrole nitrogens is 2. The summed E-state index contributed by atoms with van der Waals surface area (Å²) in [6, 6.07) is 5.23. The Kier molecular flexibility index (Phi) is 6.52. The average molecular weight is 533 g/mol. The van der Waals surface area contributed by atoms with Gasteiger partial charge in [0.2, 0.25) is 0 Å².